The highest BCUT2D eigenvalue weighted by molar-refractivity contribution is 7.92. The van der Waals surface area contributed by atoms with Crippen molar-refractivity contribution in [1.82, 2.24) is 0 Å². The maximum absolute atomic E-state index is 12.3. The van der Waals surface area contributed by atoms with Crippen molar-refractivity contribution in [2.24, 2.45) is 0 Å². The molecule has 0 saturated carbocycles. The van der Waals surface area contributed by atoms with E-state index in [9.17, 15) is 8.42 Å². The van der Waals surface area contributed by atoms with Crippen LogP contribution in [0.5, 0.6) is 5.75 Å². The molecular formula is C15H18N2O3S. The quantitative estimate of drug-likeness (QED) is 0.832. The van der Waals surface area contributed by atoms with Crippen LogP contribution in [0.2, 0.25) is 0 Å². The van der Waals surface area contributed by atoms with Gasteiger partial charge in [0.1, 0.15) is 5.75 Å². The fourth-order valence-corrected chi connectivity index (χ4v) is 2.88. The topological polar surface area (TPSA) is 81.4 Å². The summed E-state index contributed by atoms with van der Waals surface area (Å²) in [6.45, 7) is 4.23. The molecule has 2 rings (SSSR count). The minimum absolute atomic E-state index is 0.181. The summed E-state index contributed by atoms with van der Waals surface area (Å²) < 4.78 is 32.4. The van der Waals surface area contributed by atoms with E-state index in [1.165, 1.54) is 12.1 Å². The number of hydrogen-bond acceptors (Lipinski definition) is 4. The summed E-state index contributed by atoms with van der Waals surface area (Å²) in [5.41, 5.74) is 7.64. The molecule has 0 radical (unpaired) electrons. The Balaban J connectivity index is 2.23. The number of nitrogens with one attached hydrogen (secondary N) is 1. The van der Waals surface area contributed by atoms with Crippen molar-refractivity contribution in [3.8, 4) is 5.75 Å². The Bertz CT molecular complexity index is 725. The molecule has 0 aliphatic rings. The summed E-state index contributed by atoms with van der Waals surface area (Å²) in [6.07, 6.45) is 0. The molecule has 0 aliphatic carbocycles. The summed E-state index contributed by atoms with van der Waals surface area (Å²) >= 11 is 0. The molecule has 6 heteroatoms. The van der Waals surface area contributed by atoms with Gasteiger partial charge in [-0.3, -0.25) is 4.72 Å². The Hall–Kier alpha value is -2.21. The van der Waals surface area contributed by atoms with Gasteiger partial charge in [-0.25, -0.2) is 8.42 Å². The van der Waals surface area contributed by atoms with Crippen LogP contribution in [0.25, 0.3) is 0 Å². The number of nitrogen functional groups attached to an aromatic ring is 1. The predicted octanol–water partition coefficient (Wildman–Crippen LogP) is 2.78. The van der Waals surface area contributed by atoms with Crippen LogP contribution in [0, 0.1) is 6.92 Å². The highest BCUT2D eigenvalue weighted by Crippen LogP contribution is 2.21. The normalized spacial score (nSPS) is 11.1. The summed E-state index contributed by atoms with van der Waals surface area (Å²) in [7, 11) is -3.62. The highest BCUT2D eigenvalue weighted by Gasteiger charge is 2.14. The molecule has 2 aromatic carbocycles. The Morgan fingerprint density at radius 3 is 2.38 bits per heavy atom. The SMILES string of the molecule is CCOc1ccc(S(=O)(=O)Nc2ccc(N)c(C)c2)cc1. The second kappa shape index (κ2) is 6.05. The Morgan fingerprint density at radius 1 is 1.14 bits per heavy atom. The van der Waals surface area contributed by atoms with Gasteiger partial charge in [0.2, 0.25) is 0 Å². The molecule has 0 atom stereocenters. The van der Waals surface area contributed by atoms with Crippen LogP contribution in [0.1, 0.15) is 12.5 Å². The van der Waals surface area contributed by atoms with Gasteiger partial charge >= 0.3 is 0 Å². The number of hydrogen-bond donors (Lipinski definition) is 2. The van der Waals surface area contributed by atoms with Gasteiger partial charge in [-0.05, 0) is 61.9 Å². The van der Waals surface area contributed by atoms with E-state index < -0.39 is 10.0 Å². The van der Waals surface area contributed by atoms with E-state index in [2.05, 4.69) is 4.72 Å². The molecule has 2 aromatic rings. The van der Waals surface area contributed by atoms with Crippen LogP contribution < -0.4 is 15.2 Å². The van der Waals surface area contributed by atoms with Crippen molar-refractivity contribution in [3.05, 3.63) is 48.0 Å². The first kappa shape index (κ1) is 15.2. The first-order valence-corrected chi connectivity index (χ1v) is 8.02. The molecule has 0 bridgehead atoms. The van der Waals surface area contributed by atoms with Gasteiger partial charge in [-0.2, -0.15) is 0 Å². The number of nitrogens with two attached hydrogens (primary N) is 1. The summed E-state index contributed by atoms with van der Waals surface area (Å²) in [4.78, 5) is 0.181. The van der Waals surface area contributed by atoms with E-state index in [0.717, 1.165) is 5.56 Å². The van der Waals surface area contributed by atoms with E-state index in [-0.39, 0.29) is 4.90 Å². The zero-order chi connectivity index (χ0) is 15.5. The van der Waals surface area contributed by atoms with Gasteiger partial charge in [0.25, 0.3) is 10.0 Å². The maximum Gasteiger partial charge on any atom is 0.261 e. The third kappa shape index (κ3) is 3.66. The average Bonchev–Trinajstić information content (AvgIpc) is 2.44. The molecule has 5 nitrogen and oxygen atoms in total. The third-order valence-electron chi connectivity index (χ3n) is 2.97. The third-order valence-corrected chi connectivity index (χ3v) is 4.36. The van der Waals surface area contributed by atoms with E-state index in [1.807, 2.05) is 13.8 Å². The van der Waals surface area contributed by atoms with Crippen molar-refractivity contribution in [1.29, 1.82) is 0 Å². The van der Waals surface area contributed by atoms with Crippen LogP contribution in [0.4, 0.5) is 11.4 Å². The Labute approximate surface area is 124 Å². The number of ether oxygens (including phenoxy) is 1. The molecule has 0 amide bonds. The second-order valence-electron chi connectivity index (χ2n) is 4.58. The standard InChI is InChI=1S/C15H18N2O3S/c1-3-20-13-5-7-14(8-6-13)21(18,19)17-12-4-9-15(16)11(2)10-12/h4-10,17H,3,16H2,1-2H3. The van der Waals surface area contributed by atoms with Gasteiger partial charge in [0, 0.05) is 11.4 Å². The van der Waals surface area contributed by atoms with E-state index in [4.69, 9.17) is 10.5 Å². The zero-order valence-corrected chi connectivity index (χ0v) is 12.8. The second-order valence-corrected chi connectivity index (χ2v) is 6.26. The lowest BCUT2D eigenvalue weighted by atomic mass is 10.2. The summed E-state index contributed by atoms with van der Waals surface area (Å²) in [5, 5.41) is 0. The number of rotatable bonds is 5. The number of aryl methyl sites for hydroxylation is 1. The van der Waals surface area contributed by atoms with Gasteiger partial charge in [0.15, 0.2) is 0 Å². The first-order chi connectivity index (χ1) is 9.92. The fourth-order valence-electron chi connectivity index (χ4n) is 1.83. The monoisotopic (exact) mass is 306 g/mol. The van der Waals surface area contributed by atoms with Crippen LogP contribution in [-0.2, 0) is 10.0 Å². The largest absolute Gasteiger partial charge is 0.494 e. The van der Waals surface area contributed by atoms with Crippen LogP contribution in [0.3, 0.4) is 0 Å². The molecule has 0 spiro atoms. The predicted molar refractivity (Wildman–Crippen MR) is 84.0 cm³/mol. The van der Waals surface area contributed by atoms with Crippen LogP contribution >= 0.6 is 0 Å². The number of anilines is 2. The van der Waals surface area contributed by atoms with Crippen molar-refractivity contribution >= 4 is 21.4 Å². The van der Waals surface area contributed by atoms with E-state index >= 15 is 0 Å². The lowest BCUT2D eigenvalue weighted by molar-refractivity contribution is 0.340. The molecule has 0 saturated heterocycles. The molecule has 0 aromatic heterocycles. The molecular weight excluding hydrogens is 288 g/mol. The smallest absolute Gasteiger partial charge is 0.261 e. The highest BCUT2D eigenvalue weighted by atomic mass is 32.2. The summed E-state index contributed by atoms with van der Waals surface area (Å²) in [5.74, 6) is 0.639. The van der Waals surface area contributed by atoms with Crippen LogP contribution in [0.15, 0.2) is 47.4 Å². The average molecular weight is 306 g/mol. The maximum atomic E-state index is 12.3. The minimum Gasteiger partial charge on any atom is -0.494 e. The van der Waals surface area contributed by atoms with Gasteiger partial charge in [-0.1, -0.05) is 0 Å². The van der Waals surface area contributed by atoms with Crippen molar-refractivity contribution in [3.63, 3.8) is 0 Å². The van der Waals surface area contributed by atoms with E-state index in [0.29, 0.717) is 23.7 Å². The van der Waals surface area contributed by atoms with Gasteiger partial charge in [-0.15, -0.1) is 0 Å². The molecule has 0 unspecified atom stereocenters. The van der Waals surface area contributed by atoms with Gasteiger partial charge < -0.3 is 10.5 Å². The molecule has 21 heavy (non-hydrogen) atoms. The van der Waals surface area contributed by atoms with Crippen molar-refractivity contribution < 1.29 is 13.2 Å². The lowest BCUT2D eigenvalue weighted by Crippen LogP contribution is -2.13. The van der Waals surface area contributed by atoms with E-state index in [1.54, 1.807) is 30.3 Å². The molecule has 0 aliphatic heterocycles. The Kier molecular flexibility index (Phi) is 4.37. The number of benzene rings is 2. The van der Waals surface area contributed by atoms with Crippen molar-refractivity contribution in [2.45, 2.75) is 18.7 Å². The lowest BCUT2D eigenvalue weighted by Gasteiger charge is -2.10. The minimum atomic E-state index is -3.62. The summed E-state index contributed by atoms with van der Waals surface area (Å²) in [6, 6.07) is 11.3. The van der Waals surface area contributed by atoms with Gasteiger partial charge in [0.05, 0.1) is 11.5 Å². The molecule has 112 valence electrons. The molecule has 0 fully saturated rings. The molecule has 3 N–H and O–H groups in total. The number of sulfonamides is 1. The molecule has 0 heterocycles. The fraction of sp³-hybridized carbons (Fsp3) is 0.200. The zero-order valence-electron chi connectivity index (χ0n) is 12.0. The first-order valence-electron chi connectivity index (χ1n) is 6.54. The Morgan fingerprint density at radius 2 is 1.81 bits per heavy atom. The van der Waals surface area contributed by atoms with Crippen molar-refractivity contribution in [2.75, 3.05) is 17.1 Å². The van der Waals surface area contributed by atoms with Crippen LogP contribution in [-0.4, -0.2) is 15.0 Å².